The van der Waals surface area contributed by atoms with Crippen LogP contribution in [0.25, 0.3) is 0 Å². The molecule has 0 saturated heterocycles. The molecule has 0 heterocycles. The second-order valence-electron chi connectivity index (χ2n) is 4.46. The summed E-state index contributed by atoms with van der Waals surface area (Å²) in [5.74, 6) is -0.0168. The van der Waals surface area contributed by atoms with Gasteiger partial charge in [-0.15, -0.1) is 0 Å². The zero-order valence-corrected chi connectivity index (χ0v) is 10.5. The van der Waals surface area contributed by atoms with Crippen molar-refractivity contribution in [2.75, 3.05) is 0 Å². The number of hydrogen-bond donors (Lipinski definition) is 2. The molecule has 1 saturated carbocycles. The molecule has 1 amide bonds. The summed E-state index contributed by atoms with van der Waals surface area (Å²) >= 11 is 0. The van der Waals surface area contributed by atoms with Crippen molar-refractivity contribution in [1.82, 2.24) is 5.32 Å². The van der Waals surface area contributed by atoms with Gasteiger partial charge in [-0.25, -0.2) is 0 Å². The molecule has 1 rings (SSSR count). The largest absolute Gasteiger partial charge is 0.399 e. The van der Waals surface area contributed by atoms with Crippen molar-refractivity contribution >= 4 is 5.91 Å². The van der Waals surface area contributed by atoms with Gasteiger partial charge < -0.3 is 11.1 Å². The molecule has 17 heavy (non-hydrogen) atoms. The standard InChI is InChI=1S/C14H22N2O/c1-3-12(10-9-11(2)15)14(17)16-13-7-5-4-6-8-13/h3,9-10,13H,2,4-8,15H2,1H3,(H,16,17)/b10-9-,12-3+. The van der Waals surface area contributed by atoms with Crippen LogP contribution in [-0.4, -0.2) is 11.9 Å². The van der Waals surface area contributed by atoms with Crippen LogP contribution < -0.4 is 11.1 Å². The van der Waals surface area contributed by atoms with E-state index in [0.717, 1.165) is 12.8 Å². The summed E-state index contributed by atoms with van der Waals surface area (Å²) in [6.45, 7) is 5.42. The van der Waals surface area contributed by atoms with E-state index < -0.39 is 0 Å². The topological polar surface area (TPSA) is 55.1 Å². The molecule has 0 aromatic rings. The highest BCUT2D eigenvalue weighted by Crippen LogP contribution is 2.17. The highest BCUT2D eigenvalue weighted by atomic mass is 16.1. The number of nitrogens with one attached hydrogen (secondary N) is 1. The van der Waals surface area contributed by atoms with Crippen molar-refractivity contribution in [2.45, 2.75) is 45.1 Å². The lowest BCUT2D eigenvalue weighted by atomic mass is 9.95. The third-order valence-corrected chi connectivity index (χ3v) is 2.99. The van der Waals surface area contributed by atoms with Crippen LogP contribution in [0.4, 0.5) is 0 Å². The van der Waals surface area contributed by atoms with Gasteiger partial charge in [-0.05, 0) is 31.9 Å². The summed E-state index contributed by atoms with van der Waals surface area (Å²) in [4.78, 5) is 12.0. The minimum Gasteiger partial charge on any atom is -0.399 e. The minimum atomic E-state index is -0.0168. The van der Waals surface area contributed by atoms with Gasteiger partial charge in [-0.3, -0.25) is 4.79 Å². The Morgan fingerprint density at radius 3 is 2.47 bits per heavy atom. The van der Waals surface area contributed by atoms with Crippen molar-refractivity contribution < 1.29 is 4.79 Å². The van der Waals surface area contributed by atoms with Gasteiger partial charge in [0.05, 0.1) is 0 Å². The van der Waals surface area contributed by atoms with Gasteiger partial charge in [-0.2, -0.15) is 0 Å². The molecule has 0 aromatic heterocycles. The Hall–Kier alpha value is -1.51. The van der Waals surface area contributed by atoms with Gasteiger partial charge in [0.25, 0.3) is 5.91 Å². The lowest BCUT2D eigenvalue weighted by Gasteiger charge is -2.22. The predicted octanol–water partition coefficient (Wildman–Crippen LogP) is 2.41. The third kappa shape index (κ3) is 4.89. The second-order valence-corrected chi connectivity index (χ2v) is 4.46. The number of nitrogens with two attached hydrogens (primary N) is 1. The summed E-state index contributed by atoms with van der Waals surface area (Å²) in [6.07, 6.45) is 11.0. The van der Waals surface area contributed by atoms with Crippen molar-refractivity contribution in [3.8, 4) is 0 Å². The summed E-state index contributed by atoms with van der Waals surface area (Å²) in [5.41, 5.74) is 6.53. The molecule has 3 N–H and O–H groups in total. The average molecular weight is 234 g/mol. The number of rotatable bonds is 4. The normalized spacial score (nSPS) is 18.3. The second kappa shape index (κ2) is 6.94. The monoisotopic (exact) mass is 234 g/mol. The molecule has 3 heteroatoms. The molecule has 1 aliphatic carbocycles. The maximum absolute atomic E-state index is 12.0. The molecule has 0 bridgehead atoms. The fourth-order valence-electron chi connectivity index (χ4n) is 2.02. The first-order chi connectivity index (χ1) is 8.13. The maximum Gasteiger partial charge on any atom is 0.251 e. The van der Waals surface area contributed by atoms with Crippen molar-refractivity contribution in [3.05, 3.63) is 36.1 Å². The molecule has 3 nitrogen and oxygen atoms in total. The quantitative estimate of drug-likeness (QED) is 0.579. The Morgan fingerprint density at radius 2 is 1.94 bits per heavy atom. The van der Waals surface area contributed by atoms with E-state index in [1.165, 1.54) is 19.3 Å². The molecule has 0 radical (unpaired) electrons. The van der Waals surface area contributed by atoms with E-state index in [0.29, 0.717) is 17.3 Å². The zero-order valence-electron chi connectivity index (χ0n) is 10.5. The molecule has 1 fully saturated rings. The Kier molecular flexibility index (Phi) is 5.53. The highest BCUT2D eigenvalue weighted by Gasteiger charge is 2.16. The first-order valence-corrected chi connectivity index (χ1v) is 6.23. The van der Waals surface area contributed by atoms with E-state index in [4.69, 9.17) is 5.73 Å². The van der Waals surface area contributed by atoms with Crippen LogP contribution in [0, 0.1) is 0 Å². The van der Waals surface area contributed by atoms with E-state index >= 15 is 0 Å². The lowest BCUT2D eigenvalue weighted by Crippen LogP contribution is -2.36. The molecule has 0 aromatic carbocycles. The van der Waals surface area contributed by atoms with Crippen LogP contribution in [0.5, 0.6) is 0 Å². The molecular formula is C14H22N2O. The van der Waals surface area contributed by atoms with E-state index in [9.17, 15) is 4.79 Å². The van der Waals surface area contributed by atoms with Crippen LogP contribution >= 0.6 is 0 Å². The van der Waals surface area contributed by atoms with E-state index in [1.54, 1.807) is 18.2 Å². The maximum atomic E-state index is 12.0. The van der Waals surface area contributed by atoms with E-state index in [-0.39, 0.29) is 5.91 Å². The van der Waals surface area contributed by atoms with Crippen LogP contribution in [0.3, 0.4) is 0 Å². The van der Waals surface area contributed by atoms with Crippen molar-refractivity contribution in [1.29, 1.82) is 0 Å². The van der Waals surface area contributed by atoms with Crippen molar-refractivity contribution in [2.24, 2.45) is 5.73 Å². The number of amides is 1. The number of carbonyl (C=O) groups excluding carboxylic acids is 1. The Bertz CT molecular complexity index is 336. The van der Waals surface area contributed by atoms with Gasteiger partial charge >= 0.3 is 0 Å². The molecule has 0 unspecified atom stereocenters. The number of hydrogen-bond acceptors (Lipinski definition) is 2. The number of carbonyl (C=O) groups is 1. The predicted molar refractivity (Wildman–Crippen MR) is 71.2 cm³/mol. The number of allylic oxidation sites excluding steroid dienone is 2. The molecule has 0 atom stereocenters. The third-order valence-electron chi connectivity index (χ3n) is 2.99. The van der Waals surface area contributed by atoms with Crippen molar-refractivity contribution in [3.63, 3.8) is 0 Å². The molecule has 0 aliphatic heterocycles. The summed E-state index contributed by atoms with van der Waals surface area (Å²) in [5, 5.41) is 3.06. The summed E-state index contributed by atoms with van der Waals surface area (Å²) < 4.78 is 0. The minimum absolute atomic E-state index is 0.0168. The van der Waals surface area contributed by atoms with Gasteiger partial charge in [0.1, 0.15) is 0 Å². The SMILES string of the molecule is C=C(N)/C=C\C(=C/C)C(=O)NC1CCCCC1. The molecule has 0 spiro atoms. The van der Waals surface area contributed by atoms with Gasteiger partial charge in [-0.1, -0.05) is 31.9 Å². The van der Waals surface area contributed by atoms with Gasteiger partial charge in [0.15, 0.2) is 0 Å². The average Bonchev–Trinajstić information content (AvgIpc) is 2.30. The van der Waals surface area contributed by atoms with E-state index in [2.05, 4.69) is 11.9 Å². The summed E-state index contributed by atoms with van der Waals surface area (Å²) in [6, 6.07) is 0.334. The van der Waals surface area contributed by atoms with Crippen LogP contribution in [0.2, 0.25) is 0 Å². The highest BCUT2D eigenvalue weighted by molar-refractivity contribution is 5.96. The Balaban J connectivity index is 2.51. The summed E-state index contributed by atoms with van der Waals surface area (Å²) in [7, 11) is 0. The fraction of sp³-hybridized carbons (Fsp3) is 0.500. The van der Waals surface area contributed by atoms with Gasteiger partial charge in [0.2, 0.25) is 0 Å². The fourth-order valence-corrected chi connectivity index (χ4v) is 2.02. The Morgan fingerprint density at radius 1 is 1.29 bits per heavy atom. The first-order valence-electron chi connectivity index (χ1n) is 6.23. The Labute approximate surface area is 103 Å². The lowest BCUT2D eigenvalue weighted by molar-refractivity contribution is -0.118. The van der Waals surface area contributed by atoms with E-state index in [1.807, 2.05) is 6.92 Å². The molecule has 1 aliphatic rings. The smallest absolute Gasteiger partial charge is 0.251 e. The van der Waals surface area contributed by atoms with Crippen LogP contribution in [0.1, 0.15) is 39.0 Å². The van der Waals surface area contributed by atoms with Gasteiger partial charge in [0, 0.05) is 17.3 Å². The van der Waals surface area contributed by atoms with Crippen LogP contribution in [0.15, 0.2) is 36.1 Å². The first kappa shape index (κ1) is 13.6. The molecular weight excluding hydrogens is 212 g/mol. The molecule has 94 valence electrons. The zero-order chi connectivity index (χ0) is 12.7. The van der Waals surface area contributed by atoms with Crippen LogP contribution in [-0.2, 0) is 4.79 Å².